The van der Waals surface area contributed by atoms with E-state index >= 15 is 0 Å². The summed E-state index contributed by atoms with van der Waals surface area (Å²) in [7, 11) is 1.71. The van der Waals surface area contributed by atoms with Crippen LogP contribution in [0.2, 0.25) is 0 Å². The molecule has 8 heteroatoms. The van der Waals surface area contributed by atoms with Crippen LogP contribution < -0.4 is 15.8 Å². The first-order chi connectivity index (χ1) is 13.7. The van der Waals surface area contributed by atoms with E-state index in [-0.39, 0.29) is 6.04 Å². The van der Waals surface area contributed by atoms with Gasteiger partial charge in [-0.15, -0.1) is 0 Å². The third-order valence-corrected chi connectivity index (χ3v) is 4.17. The summed E-state index contributed by atoms with van der Waals surface area (Å²) in [6.45, 7) is 7.11. The van der Waals surface area contributed by atoms with E-state index in [0.29, 0.717) is 12.2 Å². The van der Waals surface area contributed by atoms with E-state index in [1.807, 2.05) is 25.3 Å². The van der Waals surface area contributed by atoms with Gasteiger partial charge in [0.05, 0.1) is 18.3 Å². The normalized spacial score (nSPS) is 11.6. The van der Waals surface area contributed by atoms with Crippen molar-refractivity contribution in [1.29, 1.82) is 0 Å². The lowest BCUT2D eigenvalue weighted by Gasteiger charge is -2.16. The number of nitrogens with one attached hydrogen (secondary N) is 1. The van der Waals surface area contributed by atoms with Gasteiger partial charge >= 0.3 is 11.9 Å². The summed E-state index contributed by atoms with van der Waals surface area (Å²) in [5, 5.41) is 20.3. The number of rotatable bonds is 8. The molecule has 158 valence electrons. The Bertz CT molecular complexity index is 862. The molecule has 0 aliphatic heterocycles. The molecule has 2 rings (SSSR count). The molecular formula is C21H29N3O5. The van der Waals surface area contributed by atoms with Crippen LogP contribution in [0.25, 0.3) is 10.9 Å². The number of pyridine rings is 1. The van der Waals surface area contributed by atoms with Crippen LogP contribution in [0.3, 0.4) is 0 Å². The van der Waals surface area contributed by atoms with Gasteiger partial charge in [-0.1, -0.05) is 0 Å². The second-order valence-corrected chi connectivity index (χ2v) is 6.66. The first-order valence-electron chi connectivity index (χ1n) is 9.23. The summed E-state index contributed by atoms with van der Waals surface area (Å²) in [6.07, 6.45) is 5.03. The zero-order chi connectivity index (χ0) is 22.0. The molecule has 0 amide bonds. The predicted molar refractivity (Wildman–Crippen MR) is 114 cm³/mol. The number of benzene rings is 1. The van der Waals surface area contributed by atoms with Gasteiger partial charge < -0.3 is 26.0 Å². The van der Waals surface area contributed by atoms with E-state index in [1.54, 1.807) is 7.11 Å². The van der Waals surface area contributed by atoms with Gasteiger partial charge in [-0.2, -0.15) is 0 Å². The number of hydrogen-bond donors (Lipinski definition) is 4. The molecule has 29 heavy (non-hydrogen) atoms. The van der Waals surface area contributed by atoms with Gasteiger partial charge in [0.2, 0.25) is 0 Å². The Morgan fingerprint density at radius 2 is 1.90 bits per heavy atom. The van der Waals surface area contributed by atoms with E-state index in [9.17, 15) is 9.59 Å². The number of nitrogens with two attached hydrogens (primary N) is 1. The van der Waals surface area contributed by atoms with Crippen molar-refractivity contribution >= 4 is 28.5 Å². The standard InChI is InChI=1S/C17H25N3O.C4H4O4/c1-11-7-9-20-17-14(19-8-5-6-12(2)18)10-15(21-4)13(3)16(11)17;5-3(6)1-2-4(7)8/h7,9-10,12,19H,5-6,8,18H2,1-4H3;1-2H,(H,5,6)(H,7,8). The van der Waals surface area contributed by atoms with E-state index in [2.05, 4.69) is 24.1 Å². The lowest BCUT2D eigenvalue weighted by Crippen LogP contribution is -2.16. The van der Waals surface area contributed by atoms with Gasteiger partial charge in [0.1, 0.15) is 5.75 Å². The largest absolute Gasteiger partial charge is 0.496 e. The molecule has 1 aromatic carbocycles. The Kier molecular flexibility index (Phi) is 9.61. The van der Waals surface area contributed by atoms with Crippen LogP contribution >= 0.6 is 0 Å². The second kappa shape index (κ2) is 11.7. The number of ether oxygens (including phenoxy) is 1. The first kappa shape index (κ1) is 23.9. The Balaban J connectivity index is 0.000000447. The van der Waals surface area contributed by atoms with E-state index in [4.69, 9.17) is 20.7 Å². The van der Waals surface area contributed by atoms with Gasteiger partial charge in [-0.25, -0.2) is 9.59 Å². The molecule has 0 saturated carbocycles. The summed E-state index contributed by atoms with van der Waals surface area (Å²) in [5.74, 6) is -1.62. The number of aromatic nitrogens is 1. The Morgan fingerprint density at radius 3 is 2.41 bits per heavy atom. The number of carboxylic acid groups (broad SMARTS) is 2. The molecule has 0 radical (unpaired) electrons. The predicted octanol–water partition coefficient (Wildman–Crippen LogP) is 3.11. The van der Waals surface area contributed by atoms with Crippen molar-refractivity contribution in [3.63, 3.8) is 0 Å². The fourth-order valence-electron chi connectivity index (χ4n) is 2.80. The lowest BCUT2D eigenvalue weighted by atomic mass is 10.0. The minimum absolute atomic E-state index is 0.247. The van der Waals surface area contributed by atoms with Crippen molar-refractivity contribution in [2.45, 2.75) is 39.7 Å². The highest BCUT2D eigenvalue weighted by Crippen LogP contribution is 2.34. The molecule has 0 saturated heterocycles. The molecule has 0 aliphatic rings. The topological polar surface area (TPSA) is 135 Å². The molecule has 8 nitrogen and oxygen atoms in total. The third-order valence-electron chi connectivity index (χ3n) is 4.17. The van der Waals surface area contributed by atoms with E-state index < -0.39 is 11.9 Å². The number of hydrogen-bond acceptors (Lipinski definition) is 6. The van der Waals surface area contributed by atoms with Gasteiger partial charge in [-0.05, 0) is 45.2 Å². The van der Waals surface area contributed by atoms with Gasteiger partial charge in [0, 0.05) is 48.0 Å². The zero-order valence-electron chi connectivity index (χ0n) is 17.2. The second-order valence-electron chi connectivity index (χ2n) is 6.66. The van der Waals surface area contributed by atoms with Crippen LogP contribution in [0.15, 0.2) is 30.5 Å². The maximum Gasteiger partial charge on any atom is 0.328 e. The van der Waals surface area contributed by atoms with E-state index in [0.717, 1.165) is 41.9 Å². The molecule has 1 atom stereocenters. The number of aliphatic carboxylic acids is 2. The monoisotopic (exact) mass is 403 g/mol. The maximum absolute atomic E-state index is 9.55. The highest BCUT2D eigenvalue weighted by molar-refractivity contribution is 5.96. The number of nitrogens with zero attached hydrogens (tertiary/aromatic N) is 1. The average molecular weight is 403 g/mol. The summed E-state index contributed by atoms with van der Waals surface area (Å²) < 4.78 is 5.51. The lowest BCUT2D eigenvalue weighted by molar-refractivity contribution is -0.134. The van der Waals surface area contributed by atoms with Crippen LogP contribution in [0.4, 0.5) is 5.69 Å². The van der Waals surface area contributed by atoms with Crippen molar-refractivity contribution in [3.05, 3.63) is 41.6 Å². The van der Waals surface area contributed by atoms with Gasteiger partial charge in [0.15, 0.2) is 0 Å². The highest BCUT2D eigenvalue weighted by Gasteiger charge is 2.12. The highest BCUT2D eigenvalue weighted by atomic mass is 16.5. The van der Waals surface area contributed by atoms with Crippen LogP contribution in [0.1, 0.15) is 30.9 Å². The smallest absolute Gasteiger partial charge is 0.328 e. The quantitative estimate of drug-likeness (QED) is 0.390. The van der Waals surface area contributed by atoms with Crippen molar-refractivity contribution in [2.24, 2.45) is 5.73 Å². The molecule has 1 unspecified atom stereocenters. The summed E-state index contributed by atoms with van der Waals surface area (Å²) in [5.41, 5.74) is 10.2. The zero-order valence-corrected chi connectivity index (χ0v) is 17.2. The fourth-order valence-corrected chi connectivity index (χ4v) is 2.80. The molecule has 2 aromatic rings. The summed E-state index contributed by atoms with van der Waals surface area (Å²) in [6, 6.07) is 4.32. The van der Waals surface area contributed by atoms with Crippen molar-refractivity contribution in [1.82, 2.24) is 4.98 Å². The van der Waals surface area contributed by atoms with Crippen LogP contribution in [-0.2, 0) is 9.59 Å². The molecule has 1 aromatic heterocycles. The molecule has 0 bridgehead atoms. The van der Waals surface area contributed by atoms with Crippen LogP contribution in [0, 0.1) is 13.8 Å². The number of carbonyl (C=O) groups is 2. The Hall–Kier alpha value is -3.13. The number of anilines is 1. The summed E-state index contributed by atoms with van der Waals surface area (Å²) in [4.78, 5) is 23.7. The fraction of sp³-hybridized carbons (Fsp3) is 0.381. The van der Waals surface area contributed by atoms with Crippen LogP contribution in [0.5, 0.6) is 5.75 Å². The number of carboxylic acids is 2. The van der Waals surface area contributed by atoms with Gasteiger partial charge in [0.25, 0.3) is 0 Å². The minimum atomic E-state index is -1.26. The molecule has 0 spiro atoms. The van der Waals surface area contributed by atoms with Crippen molar-refractivity contribution in [3.8, 4) is 5.75 Å². The Morgan fingerprint density at radius 1 is 1.28 bits per heavy atom. The molecule has 0 fully saturated rings. The first-order valence-corrected chi connectivity index (χ1v) is 9.23. The summed E-state index contributed by atoms with van der Waals surface area (Å²) >= 11 is 0. The number of aryl methyl sites for hydroxylation is 2. The minimum Gasteiger partial charge on any atom is -0.496 e. The van der Waals surface area contributed by atoms with Crippen molar-refractivity contribution < 1.29 is 24.5 Å². The third kappa shape index (κ3) is 7.79. The molecule has 0 aliphatic carbocycles. The maximum atomic E-state index is 9.55. The SMILES string of the molecule is COc1cc(NCCCC(C)N)c2nccc(C)c2c1C.O=C(O)C=CC(=O)O. The number of fused-ring (bicyclic) bond motifs is 1. The molecule has 1 heterocycles. The molecule has 5 N–H and O–H groups in total. The van der Waals surface area contributed by atoms with Crippen molar-refractivity contribution in [2.75, 3.05) is 19.0 Å². The average Bonchev–Trinajstić information content (AvgIpc) is 2.65. The Labute approximate surface area is 170 Å². The number of methoxy groups -OCH3 is 1. The van der Waals surface area contributed by atoms with Crippen LogP contribution in [-0.4, -0.2) is 46.8 Å². The molecular weight excluding hydrogens is 374 g/mol. The van der Waals surface area contributed by atoms with E-state index in [1.165, 1.54) is 10.9 Å². The van der Waals surface area contributed by atoms with Gasteiger partial charge in [-0.3, -0.25) is 4.98 Å².